The van der Waals surface area contributed by atoms with Crippen LogP contribution in [0.25, 0.3) is 0 Å². The maximum Gasteiger partial charge on any atom is 0.330 e. The molecular weight excluding hydrogens is 190 g/mol. The lowest BCUT2D eigenvalue weighted by atomic mass is 9.98. The first kappa shape index (κ1) is 12.2. The van der Waals surface area contributed by atoms with Crippen LogP contribution in [-0.4, -0.2) is 24.1 Å². The molecule has 0 aliphatic carbocycles. The highest BCUT2D eigenvalue weighted by molar-refractivity contribution is 5.75. The monoisotopic (exact) mass is 211 g/mol. The Balaban J connectivity index is 2.49. The summed E-state index contributed by atoms with van der Waals surface area (Å²) in [6, 6.07) is 0. The third-order valence-electron chi connectivity index (χ3n) is 2.52. The fraction of sp³-hybridized carbons (Fsp3) is 0.750. The quantitative estimate of drug-likeness (QED) is 0.624. The largest absolute Gasteiger partial charge is 0.367 e. The number of hydrogen-bond donors (Lipinski definition) is 0. The average Bonchev–Trinajstić information content (AvgIpc) is 2.16. The first-order valence-corrected chi connectivity index (χ1v) is 5.55. The fourth-order valence-electron chi connectivity index (χ4n) is 1.43. The van der Waals surface area contributed by atoms with E-state index in [1.165, 1.54) is 5.57 Å². The average molecular weight is 211 g/mol. The Morgan fingerprint density at radius 1 is 1.47 bits per heavy atom. The van der Waals surface area contributed by atoms with Gasteiger partial charge in [-0.05, 0) is 40.5 Å². The summed E-state index contributed by atoms with van der Waals surface area (Å²) in [5.41, 5.74) is 0.927. The van der Waals surface area contributed by atoms with E-state index < -0.39 is 5.41 Å². The van der Waals surface area contributed by atoms with Crippen molar-refractivity contribution in [3.05, 3.63) is 11.6 Å². The Hall–Kier alpha value is -0.830. The molecule has 1 saturated heterocycles. The molecule has 3 nitrogen and oxygen atoms in total. The topological polar surface area (TPSA) is 29.5 Å². The third-order valence-corrected chi connectivity index (χ3v) is 2.52. The van der Waals surface area contributed by atoms with Crippen LogP contribution in [0.15, 0.2) is 11.6 Å². The Bertz CT molecular complexity index is 263. The SMILES string of the molecule is CC=C1CCCN(OC(=O)C(C)(C)C)C1. The van der Waals surface area contributed by atoms with Gasteiger partial charge in [0.1, 0.15) is 0 Å². The molecule has 1 aliphatic rings. The molecule has 15 heavy (non-hydrogen) atoms. The van der Waals surface area contributed by atoms with Crippen molar-refractivity contribution in [2.75, 3.05) is 13.1 Å². The van der Waals surface area contributed by atoms with Gasteiger partial charge in [0, 0.05) is 6.54 Å². The molecule has 0 bridgehead atoms. The van der Waals surface area contributed by atoms with E-state index in [0.29, 0.717) is 0 Å². The van der Waals surface area contributed by atoms with E-state index >= 15 is 0 Å². The number of carbonyl (C=O) groups excluding carboxylic acids is 1. The molecule has 0 aromatic heterocycles. The Kier molecular flexibility index (Phi) is 3.91. The van der Waals surface area contributed by atoms with E-state index in [1.54, 1.807) is 5.06 Å². The van der Waals surface area contributed by atoms with Gasteiger partial charge in [0.15, 0.2) is 0 Å². The van der Waals surface area contributed by atoms with Crippen molar-refractivity contribution >= 4 is 5.97 Å². The van der Waals surface area contributed by atoms with Gasteiger partial charge in [-0.25, -0.2) is 4.79 Å². The van der Waals surface area contributed by atoms with Gasteiger partial charge < -0.3 is 4.84 Å². The van der Waals surface area contributed by atoms with Gasteiger partial charge in [0.25, 0.3) is 0 Å². The Morgan fingerprint density at radius 3 is 2.67 bits per heavy atom. The Morgan fingerprint density at radius 2 is 2.13 bits per heavy atom. The van der Waals surface area contributed by atoms with Gasteiger partial charge in [-0.1, -0.05) is 11.6 Å². The predicted octanol–water partition coefficient (Wildman–Crippen LogP) is 2.53. The normalized spacial score (nSPS) is 21.7. The van der Waals surface area contributed by atoms with Gasteiger partial charge in [-0.15, -0.1) is 5.06 Å². The zero-order chi connectivity index (χ0) is 11.5. The summed E-state index contributed by atoms with van der Waals surface area (Å²) in [4.78, 5) is 17.0. The van der Waals surface area contributed by atoms with Gasteiger partial charge >= 0.3 is 5.97 Å². The number of rotatable bonds is 1. The van der Waals surface area contributed by atoms with Gasteiger partial charge in [-0.2, -0.15) is 0 Å². The van der Waals surface area contributed by atoms with Crippen LogP contribution in [0.4, 0.5) is 0 Å². The minimum atomic E-state index is -0.423. The van der Waals surface area contributed by atoms with Gasteiger partial charge in [0.05, 0.1) is 12.0 Å². The van der Waals surface area contributed by atoms with Crippen LogP contribution in [-0.2, 0) is 9.63 Å². The lowest BCUT2D eigenvalue weighted by Crippen LogP contribution is -2.37. The number of nitrogens with zero attached hydrogens (tertiary/aromatic N) is 1. The molecule has 0 unspecified atom stereocenters. The second-order valence-electron chi connectivity index (χ2n) is 5.04. The fourth-order valence-corrected chi connectivity index (χ4v) is 1.43. The summed E-state index contributed by atoms with van der Waals surface area (Å²) in [6.07, 6.45) is 4.30. The second kappa shape index (κ2) is 4.79. The number of carbonyl (C=O) groups is 1. The highest BCUT2D eigenvalue weighted by Gasteiger charge is 2.27. The molecular formula is C12H21NO2. The van der Waals surface area contributed by atoms with E-state index in [2.05, 4.69) is 6.08 Å². The Labute approximate surface area is 92.0 Å². The molecule has 86 valence electrons. The van der Waals surface area contributed by atoms with Crippen molar-refractivity contribution in [2.45, 2.75) is 40.5 Å². The summed E-state index contributed by atoms with van der Waals surface area (Å²) in [5.74, 6) is -0.153. The van der Waals surface area contributed by atoms with Crippen molar-refractivity contribution in [2.24, 2.45) is 5.41 Å². The first-order chi connectivity index (χ1) is 6.93. The molecule has 0 spiro atoms. The van der Waals surface area contributed by atoms with Crippen LogP contribution in [0.5, 0.6) is 0 Å². The zero-order valence-electron chi connectivity index (χ0n) is 10.2. The van der Waals surface area contributed by atoms with Gasteiger partial charge in [-0.3, -0.25) is 0 Å². The number of allylic oxidation sites excluding steroid dienone is 1. The molecule has 1 heterocycles. The predicted molar refractivity (Wildman–Crippen MR) is 60.1 cm³/mol. The maximum atomic E-state index is 11.6. The lowest BCUT2D eigenvalue weighted by Gasteiger charge is -2.29. The van der Waals surface area contributed by atoms with Crippen molar-refractivity contribution in [3.63, 3.8) is 0 Å². The van der Waals surface area contributed by atoms with Crippen molar-refractivity contribution < 1.29 is 9.63 Å². The number of piperidine rings is 1. The molecule has 0 aromatic carbocycles. The maximum absolute atomic E-state index is 11.6. The lowest BCUT2D eigenvalue weighted by molar-refractivity contribution is -0.200. The molecule has 0 atom stereocenters. The van der Waals surface area contributed by atoms with E-state index in [-0.39, 0.29) is 5.97 Å². The number of hydrogen-bond acceptors (Lipinski definition) is 3. The minimum absolute atomic E-state index is 0.153. The molecule has 1 fully saturated rings. The van der Waals surface area contributed by atoms with Crippen LogP contribution in [0.2, 0.25) is 0 Å². The van der Waals surface area contributed by atoms with Crippen LogP contribution < -0.4 is 0 Å². The molecule has 0 saturated carbocycles. The van der Waals surface area contributed by atoms with Crippen LogP contribution in [0, 0.1) is 5.41 Å². The van der Waals surface area contributed by atoms with Gasteiger partial charge in [0.2, 0.25) is 0 Å². The molecule has 0 N–H and O–H groups in total. The third kappa shape index (κ3) is 3.67. The smallest absolute Gasteiger partial charge is 0.330 e. The summed E-state index contributed by atoms with van der Waals surface area (Å²) in [5, 5.41) is 1.77. The van der Waals surface area contributed by atoms with Crippen molar-refractivity contribution in [3.8, 4) is 0 Å². The zero-order valence-corrected chi connectivity index (χ0v) is 10.2. The summed E-state index contributed by atoms with van der Waals surface area (Å²) in [6.45, 7) is 9.25. The molecule has 3 heteroatoms. The van der Waals surface area contributed by atoms with E-state index in [0.717, 1.165) is 25.9 Å². The van der Waals surface area contributed by atoms with Crippen LogP contribution in [0.1, 0.15) is 40.5 Å². The van der Waals surface area contributed by atoms with E-state index in [9.17, 15) is 4.79 Å². The highest BCUT2D eigenvalue weighted by Crippen LogP contribution is 2.20. The molecule has 1 aliphatic heterocycles. The second-order valence-corrected chi connectivity index (χ2v) is 5.04. The summed E-state index contributed by atoms with van der Waals surface area (Å²) < 4.78 is 0. The molecule has 0 amide bonds. The summed E-state index contributed by atoms with van der Waals surface area (Å²) >= 11 is 0. The summed E-state index contributed by atoms with van der Waals surface area (Å²) in [7, 11) is 0. The molecule has 0 radical (unpaired) electrons. The van der Waals surface area contributed by atoms with E-state index in [1.807, 2.05) is 27.7 Å². The van der Waals surface area contributed by atoms with Crippen LogP contribution >= 0.6 is 0 Å². The van der Waals surface area contributed by atoms with Crippen molar-refractivity contribution in [1.29, 1.82) is 0 Å². The van der Waals surface area contributed by atoms with E-state index in [4.69, 9.17) is 4.84 Å². The highest BCUT2D eigenvalue weighted by atomic mass is 16.7. The minimum Gasteiger partial charge on any atom is -0.367 e. The molecule has 1 rings (SSSR count). The standard InChI is InChI=1S/C12H21NO2/c1-5-10-7-6-8-13(9-10)15-11(14)12(2,3)4/h5H,6-9H2,1-4H3. The van der Waals surface area contributed by atoms with Crippen molar-refractivity contribution in [1.82, 2.24) is 5.06 Å². The number of hydroxylamine groups is 2. The van der Waals surface area contributed by atoms with Crippen LogP contribution in [0.3, 0.4) is 0 Å². The first-order valence-electron chi connectivity index (χ1n) is 5.55. The molecule has 0 aromatic rings.